The molecule has 8 fully saturated rings. The molecule has 0 aromatic heterocycles. The molecule has 4 heterocycles. The van der Waals surface area contributed by atoms with Crippen LogP contribution in [-0.2, 0) is 47.5 Å². The average Bonchev–Trinajstić information content (AvgIpc) is 3.44. The van der Waals surface area contributed by atoms with Crippen molar-refractivity contribution in [2.45, 2.75) is 241 Å². The number of aliphatic hydroxyl groups is 13. The SMILES string of the molecule is CC1(C)CC[C@@H]2C(=O)C[C@]3(C)C(=CC[C@@H]4[C@@]5(C)CC[C@H](O[C@@H]6O[C@H](C(=O)O)[C@@H](O[C@@H]7O[C@H](CO)[C@@H](O)[C@H](O)[C@H]7O[C@@H]7O[C@H](CO)[C@@H](O)[C@H](O)[C@H]7O)[C@H](O)[C@H]6O[C@H]6O[C@H](CO)[C@@H](O)[C@H](O)[C@H]6O)C(C)(C)[C@@H]5CC[C@]43C)[C@]2(O)C1. The summed E-state index contributed by atoms with van der Waals surface area (Å²) < 4.78 is 48.1. The van der Waals surface area contributed by atoms with E-state index >= 15 is 0 Å². The Morgan fingerprint density at radius 2 is 1.09 bits per heavy atom. The molecule has 0 aromatic rings. The van der Waals surface area contributed by atoms with E-state index in [4.69, 9.17) is 37.9 Å². The van der Waals surface area contributed by atoms with E-state index in [1.807, 2.05) is 13.8 Å². The summed E-state index contributed by atoms with van der Waals surface area (Å²) in [4.78, 5) is 27.6. The number of carboxylic acid groups (broad SMARTS) is 1. The molecule has 9 aliphatic rings. The van der Waals surface area contributed by atoms with Crippen molar-refractivity contribution in [3.63, 3.8) is 0 Å². The molecule has 0 bridgehead atoms. The number of allylic oxidation sites excluding steroid dienone is 1. The lowest BCUT2D eigenvalue weighted by Crippen LogP contribution is -2.69. The van der Waals surface area contributed by atoms with Crippen LogP contribution in [0, 0.1) is 44.8 Å². The number of Topliss-reactive ketones (excluding diaryl/α,β-unsaturated/α-hetero) is 1. The Bertz CT molecular complexity index is 2180. The van der Waals surface area contributed by atoms with Gasteiger partial charge in [0, 0.05) is 11.8 Å². The van der Waals surface area contributed by atoms with Crippen molar-refractivity contribution in [1.82, 2.24) is 0 Å². The first-order valence-corrected chi connectivity index (χ1v) is 27.3. The molecule has 0 aromatic carbocycles. The van der Waals surface area contributed by atoms with Gasteiger partial charge in [0.25, 0.3) is 0 Å². The lowest BCUT2D eigenvalue weighted by molar-refractivity contribution is -0.401. The lowest BCUT2D eigenvalue weighted by Gasteiger charge is -2.71. The number of ketones is 1. The van der Waals surface area contributed by atoms with E-state index in [9.17, 15) is 81.1 Å². The first-order chi connectivity index (χ1) is 35.9. The van der Waals surface area contributed by atoms with Crippen molar-refractivity contribution in [2.75, 3.05) is 19.8 Å². The van der Waals surface area contributed by atoms with E-state index in [0.29, 0.717) is 51.4 Å². The minimum atomic E-state index is -2.21. The van der Waals surface area contributed by atoms with Crippen LogP contribution in [0.5, 0.6) is 0 Å². The largest absolute Gasteiger partial charge is 0.479 e. The van der Waals surface area contributed by atoms with Crippen LogP contribution >= 0.6 is 0 Å². The first-order valence-electron chi connectivity index (χ1n) is 27.3. The summed E-state index contributed by atoms with van der Waals surface area (Å²) in [5, 5.41) is 153. The highest BCUT2D eigenvalue weighted by Crippen LogP contribution is 2.75. The zero-order valence-corrected chi connectivity index (χ0v) is 44.8. The minimum absolute atomic E-state index is 0.0517. The second kappa shape index (κ2) is 21.3. The number of hydrogen-bond donors (Lipinski definition) is 14. The average molecular weight is 1110 g/mol. The summed E-state index contributed by atoms with van der Waals surface area (Å²) in [5.41, 5.74) is -2.48. The highest BCUT2D eigenvalue weighted by Gasteiger charge is 2.71. The predicted molar refractivity (Wildman–Crippen MR) is 259 cm³/mol. The molecule has 28 atom stereocenters. The van der Waals surface area contributed by atoms with E-state index in [0.717, 1.165) is 12.0 Å². The molecular formula is C53H84O24. The standard InChI is InChI=1S/C53H84O24/c1-48(2)13-10-21-22(57)16-52(7)28(53(21,69)20-48)9-8-27-50(5)14-12-29(49(3,4)26(50)11-15-51(27,52)6)73-47-41(76-45-37(65)34(62)31(59)24(18-55)71-45)38(66)39(42(77-47)43(67)68)74-46-40(35(63)32(60)25(19-56)72-46)75-44-36(64)33(61)30(58)23(17-54)70-44/h9,21,23-27,29-42,44-47,54-56,58-66,69H,8,10-20H2,1-7H3,(H,67,68)/t21-,23-,24-,25-,26+,27-,29+,30-,31-,32-,33+,34+,35+,36-,37-,38+,39+,40-,41-,42+,44+,45-,46+,47-,50+,51-,52-,53+/m1/s1. The Labute approximate surface area is 446 Å². The van der Waals surface area contributed by atoms with Crippen LogP contribution in [-0.4, -0.2) is 238 Å². The van der Waals surface area contributed by atoms with Gasteiger partial charge in [-0.25, -0.2) is 4.79 Å². The van der Waals surface area contributed by atoms with Gasteiger partial charge in [0.05, 0.1) is 37.4 Å². The van der Waals surface area contributed by atoms with Crippen LogP contribution in [0.2, 0.25) is 0 Å². The van der Waals surface area contributed by atoms with Crippen LogP contribution in [0.1, 0.15) is 106 Å². The van der Waals surface area contributed by atoms with Crippen LogP contribution in [0.4, 0.5) is 0 Å². The molecule has 4 saturated carbocycles. The molecule has 4 saturated heterocycles. The Morgan fingerprint density at radius 3 is 1.64 bits per heavy atom. The van der Waals surface area contributed by atoms with E-state index in [-0.39, 0.29) is 33.9 Å². The minimum Gasteiger partial charge on any atom is -0.479 e. The molecule has 440 valence electrons. The van der Waals surface area contributed by atoms with Gasteiger partial charge in [-0.05, 0) is 90.4 Å². The number of fused-ring (bicyclic) bond motifs is 7. The smallest absolute Gasteiger partial charge is 0.335 e. The van der Waals surface area contributed by atoms with Crippen molar-refractivity contribution in [2.24, 2.45) is 44.8 Å². The number of aliphatic carboxylic acids is 1. The first kappa shape index (κ1) is 59.7. The molecule has 14 N–H and O–H groups in total. The highest BCUT2D eigenvalue weighted by molar-refractivity contribution is 5.86. The molecule has 77 heavy (non-hydrogen) atoms. The normalized spacial score (nSPS) is 53.5. The molecule has 0 radical (unpaired) electrons. The third-order valence-corrected chi connectivity index (χ3v) is 20.7. The monoisotopic (exact) mass is 1100 g/mol. The van der Waals surface area contributed by atoms with E-state index in [1.54, 1.807) is 0 Å². The maximum Gasteiger partial charge on any atom is 0.335 e. The van der Waals surface area contributed by atoms with Gasteiger partial charge < -0.3 is 109 Å². The summed E-state index contributed by atoms with van der Waals surface area (Å²) in [6, 6.07) is 0. The van der Waals surface area contributed by atoms with Gasteiger partial charge in [0.2, 0.25) is 0 Å². The van der Waals surface area contributed by atoms with Gasteiger partial charge in [0.15, 0.2) is 31.3 Å². The lowest BCUT2D eigenvalue weighted by atomic mass is 9.34. The van der Waals surface area contributed by atoms with Crippen LogP contribution in [0.15, 0.2) is 11.6 Å². The van der Waals surface area contributed by atoms with Crippen LogP contribution < -0.4 is 0 Å². The van der Waals surface area contributed by atoms with E-state index < -0.39 is 177 Å². The molecule has 0 spiro atoms. The fourth-order valence-corrected chi connectivity index (χ4v) is 16.3. The molecule has 24 nitrogen and oxygen atoms in total. The number of carbonyl (C=O) groups is 2. The zero-order chi connectivity index (χ0) is 56.4. The number of aliphatic hydroxyl groups excluding tert-OH is 12. The van der Waals surface area contributed by atoms with Gasteiger partial charge in [-0.3, -0.25) is 4.79 Å². The highest BCUT2D eigenvalue weighted by atomic mass is 16.8. The van der Waals surface area contributed by atoms with Crippen molar-refractivity contribution < 1.29 is 119 Å². The van der Waals surface area contributed by atoms with Crippen molar-refractivity contribution in [1.29, 1.82) is 0 Å². The number of hydrogen-bond acceptors (Lipinski definition) is 23. The van der Waals surface area contributed by atoms with Gasteiger partial charge in [-0.15, -0.1) is 0 Å². The maximum atomic E-state index is 14.2. The Kier molecular flexibility index (Phi) is 16.5. The number of ether oxygens (including phenoxy) is 8. The topological polar surface area (TPSA) is 391 Å². The quantitative estimate of drug-likeness (QED) is 0.0707. The molecule has 24 heteroatoms. The van der Waals surface area contributed by atoms with Crippen LogP contribution in [0.3, 0.4) is 0 Å². The van der Waals surface area contributed by atoms with Crippen molar-refractivity contribution >= 4 is 11.8 Å². The Hall–Kier alpha value is -1.96. The van der Waals surface area contributed by atoms with Gasteiger partial charge >= 0.3 is 5.97 Å². The van der Waals surface area contributed by atoms with Crippen molar-refractivity contribution in [3.05, 3.63) is 11.6 Å². The second-order valence-corrected chi connectivity index (χ2v) is 25.9. The molecular weight excluding hydrogens is 1020 g/mol. The van der Waals surface area contributed by atoms with Gasteiger partial charge in [-0.2, -0.15) is 0 Å². The van der Waals surface area contributed by atoms with Crippen LogP contribution in [0.25, 0.3) is 0 Å². The Morgan fingerprint density at radius 1 is 0.584 bits per heavy atom. The second-order valence-electron chi connectivity index (χ2n) is 25.9. The predicted octanol–water partition coefficient (Wildman–Crippen LogP) is -2.54. The molecule has 9 rings (SSSR count). The summed E-state index contributed by atoms with van der Waals surface area (Å²) >= 11 is 0. The number of carboxylic acids is 1. The summed E-state index contributed by atoms with van der Waals surface area (Å²) in [6.45, 7) is 12.4. The number of carbonyl (C=O) groups excluding carboxylic acids is 1. The molecule has 5 aliphatic carbocycles. The van der Waals surface area contributed by atoms with E-state index in [1.165, 1.54) is 0 Å². The fourth-order valence-electron chi connectivity index (χ4n) is 16.3. The molecule has 4 aliphatic heterocycles. The fraction of sp³-hybridized carbons (Fsp3) is 0.925. The van der Waals surface area contributed by atoms with E-state index in [2.05, 4.69) is 40.7 Å². The number of rotatable bonds is 12. The summed E-state index contributed by atoms with van der Waals surface area (Å²) in [7, 11) is 0. The van der Waals surface area contributed by atoms with Gasteiger partial charge in [-0.1, -0.05) is 54.5 Å². The maximum absolute atomic E-state index is 14.2. The third kappa shape index (κ3) is 9.70. The molecule has 0 unspecified atom stereocenters. The zero-order valence-electron chi connectivity index (χ0n) is 44.8. The Balaban J connectivity index is 1.02. The van der Waals surface area contributed by atoms with Crippen molar-refractivity contribution in [3.8, 4) is 0 Å². The molecule has 0 amide bonds. The summed E-state index contributed by atoms with van der Waals surface area (Å²) in [5.74, 6) is -2.05. The van der Waals surface area contributed by atoms with Gasteiger partial charge in [0.1, 0.15) is 97.3 Å². The summed E-state index contributed by atoms with van der Waals surface area (Å²) in [6.07, 6.45) is -31.8. The third-order valence-electron chi connectivity index (χ3n) is 20.7.